The first-order valence-electron chi connectivity index (χ1n) is 6.56. The lowest BCUT2D eigenvalue weighted by atomic mass is 10.1. The number of carbonyl (C=O) groups is 1. The molecule has 0 atom stereocenters. The molecule has 0 aromatic heterocycles. The summed E-state index contributed by atoms with van der Waals surface area (Å²) in [7, 11) is 0. The van der Waals surface area contributed by atoms with E-state index in [1.54, 1.807) is 6.07 Å². The Morgan fingerprint density at radius 2 is 2.16 bits per heavy atom. The normalized spacial score (nSPS) is 10.3. The summed E-state index contributed by atoms with van der Waals surface area (Å²) in [6.07, 6.45) is 0.598. The summed E-state index contributed by atoms with van der Waals surface area (Å²) >= 11 is 0. The van der Waals surface area contributed by atoms with E-state index in [1.807, 2.05) is 19.9 Å². The van der Waals surface area contributed by atoms with Crippen LogP contribution in [-0.4, -0.2) is 32.1 Å². The number of halogens is 1. The highest BCUT2D eigenvalue weighted by Crippen LogP contribution is 2.18. The molecule has 1 aromatic rings. The van der Waals surface area contributed by atoms with Gasteiger partial charge in [-0.1, -0.05) is 13.0 Å². The maximum Gasteiger partial charge on any atom is 0.233 e. The predicted octanol–water partition coefficient (Wildman–Crippen LogP) is 1.49. The van der Waals surface area contributed by atoms with Crippen molar-refractivity contribution in [1.82, 2.24) is 10.6 Å². The van der Waals surface area contributed by atoms with Gasteiger partial charge >= 0.3 is 0 Å². The summed E-state index contributed by atoms with van der Waals surface area (Å²) in [5.74, 6) is -0.144. The zero-order chi connectivity index (χ0) is 14.1. The Labute approximate surface area is 113 Å². The van der Waals surface area contributed by atoms with E-state index in [2.05, 4.69) is 10.6 Å². The second-order valence-electron chi connectivity index (χ2n) is 4.08. The fraction of sp³-hybridized carbons (Fsp3) is 0.500. The van der Waals surface area contributed by atoms with Gasteiger partial charge in [0.1, 0.15) is 0 Å². The highest BCUT2D eigenvalue weighted by Gasteiger charge is 2.05. The maximum absolute atomic E-state index is 13.6. The van der Waals surface area contributed by atoms with E-state index in [9.17, 15) is 9.18 Å². The highest BCUT2D eigenvalue weighted by atomic mass is 19.1. The topological polar surface area (TPSA) is 50.4 Å². The van der Waals surface area contributed by atoms with Crippen LogP contribution in [0.5, 0.6) is 5.75 Å². The molecule has 19 heavy (non-hydrogen) atoms. The largest absolute Gasteiger partial charge is 0.491 e. The SMILES string of the molecule is CCNCC(=O)NCCc1ccc(OCC)c(F)c1. The number of hydrogen-bond acceptors (Lipinski definition) is 3. The molecule has 2 N–H and O–H groups in total. The van der Waals surface area contributed by atoms with Crippen LogP contribution in [0.25, 0.3) is 0 Å². The van der Waals surface area contributed by atoms with Gasteiger partial charge in [0.05, 0.1) is 13.2 Å². The number of benzene rings is 1. The molecule has 0 spiro atoms. The lowest BCUT2D eigenvalue weighted by molar-refractivity contribution is -0.120. The monoisotopic (exact) mass is 268 g/mol. The van der Waals surface area contributed by atoms with E-state index < -0.39 is 0 Å². The van der Waals surface area contributed by atoms with E-state index in [1.165, 1.54) is 6.07 Å². The van der Waals surface area contributed by atoms with Crippen molar-refractivity contribution >= 4 is 5.91 Å². The minimum Gasteiger partial charge on any atom is -0.491 e. The number of ether oxygens (including phenoxy) is 1. The quantitative estimate of drug-likeness (QED) is 0.751. The standard InChI is InChI=1S/C14H21FN2O2/c1-3-16-10-14(18)17-8-7-11-5-6-13(19-4-2)12(15)9-11/h5-6,9,16H,3-4,7-8,10H2,1-2H3,(H,17,18). The summed E-state index contributed by atoms with van der Waals surface area (Å²) in [6, 6.07) is 4.88. The molecule has 1 aromatic carbocycles. The van der Waals surface area contributed by atoms with Crippen LogP contribution in [0.2, 0.25) is 0 Å². The van der Waals surface area contributed by atoms with Crippen LogP contribution in [0, 0.1) is 5.82 Å². The third-order valence-corrected chi connectivity index (χ3v) is 2.57. The lowest BCUT2D eigenvalue weighted by Gasteiger charge is -2.08. The van der Waals surface area contributed by atoms with Gasteiger partial charge in [0.2, 0.25) is 5.91 Å². The Balaban J connectivity index is 2.37. The molecule has 0 fully saturated rings. The van der Waals surface area contributed by atoms with Crippen molar-refractivity contribution in [2.45, 2.75) is 20.3 Å². The first-order chi connectivity index (χ1) is 9.17. The van der Waals surface area contributed by atoms with E-state index in [0.717, 1.165) is 12.1 Å². The number of likely N-dealkylation sites (N-methyl/N-ethyl adjacent to an activating group) is 1. The van der Waals surface area contributed by atoms with Gasteiger partial charge in [0, 0.05) is 6.54 Å². The van der Waals surface area contributed by atoms with E-state index in [0.29, 0.717) is 26.1 Å². The minimum atomic E-state index is -0.363. The van der Waals surface area contributed by atoms with Crippen LogP contribution in [0.3, 0.4) is 0 Å². The van der Waals surface area contributed by atoms with Crippen molar-refractivity contribution in [3.8, 4) is 5.75 Å². The second kappa shape index (κ2) is 8.48. The molecule has 0 bridgehead atoms. The Bertz CT molecular complexity index is 410. The fourth-order valence-electron chi connectivity index (χ4n) is 1.62. The van der Waals surface area contributed by atoms with Crippen LogP contribution in [0.15, 0.2) is 18.2 Å². The fourth-order valence-corrected chi connectivity index (χ4v) is 1.62. The van der Waals surface area contributed by atoms with Gasteiger partial charge < -0.3 is 15.4 Å². The van der Waals surface area contributed by atoms with Gasteiger partial charge in [0.15, 0.2) is 11.6 Å². The summed E-state index contributed by atoms with van der Waals surface area (Å²) in [5.41, 5.74) is 0.838. The summed E-state index contributed by atoms with van der Waals surface area (Å²) in [5, 5.41) is 5.71. The predicted molar refractivity (Wildman–Crippen MR) is 72.8 cm³/mol. The maximum atomic E-state index is 13.6. The average molecular weight is 268 g/mol. The van der Waals surface area contributed by atoms with Crippen LogP contribution >= 0.6 is 0 Å². The molecule has 1 amide bonds. The van der Waals surface area contributed by atoms with E-state index in [-0.39, 0.29) is 17.5 Å². The van der Waals surface area contributed by atoms with Gasteiger partial charge in [-0.05, 0) is 37.6 Å². The Morgan fingerprint density at radius 1 is 1.37 bits per heavy atom. The molecule has 0 aliphatic heterocycles. The third-order valence-electron chi connectivity index (χ3n) is 2.57. The first-order valence-corrected chi connectivity index (χ1v) is 6.56. The molecular weight excluding hydrogens is 247 g/mol. The van der Waals surface area contributed by atoms with E-state index in [4.69, 9.17) is 4.74 Å². The van der Waals surface area contributed by atoms with Crippen molar-refractivity contribution in [3.63, 3.8) is 0 Å². The first kappa shape index (κ1) is 15.4. The van der Waals surface area contributed by atoms with Crippen molar-refractivity contribution in [2.24, 2.45) is 0 Å². The van der Waals surface area contributed by atoms with Gasteiger partial charge in [-0.3, -0.25) is 4.79 Å². The Morgan fingerprint density at radius 3 is 2.79 bits per heavy atom. The molecule has 5 heteroatoms. The second-order valence-corrected chi connectivity index (χ2v) is 4.08. The summed E-state index contributed by atoms with van der Waals surface area (Å²) in [4.78, 5) is 11.3. The number of carbonyl (C=O) groups excluding carboxylic acids is 1. The summed E-state index contributed by atoms with van der Waals surface area (Å²) in [6.45, 7) is 5.77. The van der Waals surface area contributed by atoms with Gasteiger partial charge in [-0.25, -0.2) is 4.39 Å². The number of hydrogen-bond donors (Lipinski definition) is 2. The lowest BCUT2D eigenvalue weighted by Crippen LogP contribution is -2.34. The van der Waals surface area contributed by atoms with Gasteiger partial charge in [-0.15, -0.1) is 0 Å². The van der Waals surface area contributed by atoms with Gasteiger partial charge in [-0.2, -0.15) is 0 Å². The molecule has 0 radical (unpaired) electrons. The zero-order valence-corrected chi connectivity index (χ0v) is 11.5. The van der Waals surface area contributed by atoms with Crippen molar-refractivity contribution in [1.29, 1.82) is 0 Å². The average Bonchev–Trinajstić information content (AvgIpc) is 2.39. The third kappa shape index (κ3) is 5.70. The van der Waals surface area contributed by atoms with Crippen LogP contribution < -0.4 is 15.4 Å². The molecule has 0 aliphatic carbocycles. The van der Waals surface area contributed by atoms with Crippen LogP contribution in [0.1, 0.15) is 19.4 Å². The molecule has 0 unspecified atom stereocenters. The van der Waals surface area contributed by atoms with Crippen LogP contribution in [-0.2, 0) is 11.2 Å². The molecular formula is C14H21FN2O2. The van der Waals surface area contributed by atoms with Crippen molar-refractivity contribution < 1.29 is 13.9 Å². The van der Waals surface area contributed by atoms with Gasteiger partial charge in [0.25, 0.3) is 0 Å². The summed E-state index contributed by atoms with van der Waals surface area (Å²) < 4.78 is 18.7. The molecule has 0 heterocycles. The Kier molecular flexibility index (Phi) is 6.89. The van der Waals surface area contributed by atoms with E-state index >= 15 is 0 Å². The smallest absolute Gasteiger partial charge is 0.233 e. The molecule has 0 saturated heterocycles. The number of rotatable bonds is 8. The highest BCUT2D eigenvalue weighted by molar-refractivity contribution is 5.77. The molecule has 4 nitrogen and oxygen atoms in total. The van der Waals surface area contributed by atoms with Crippen LogP contribution in [0.4, 0.5) is 4.39 Å². The molecule has 0 aliphatic rings. The molecule has 106 valence electrons. The minimum absolute atomic E-state index is 0.0479. The molecule has 1 rings (SSSR count). The van der Waals surface area contributed by atoms with Crippen molar-refractivity contribution in [2.75, 3.05) is 26.2 Å². The number of nitrogens with one attached hydrogen (secondary N) is 2. The Hall–Kier alpha value is -1.62. The zero-order valence-electron chi connectivity index (χ0n) is 11.5. The molecule has 0 saturated carbocycles. The van der Waals surface area contributed by atoms with Crippen molar-refractivity contribution in [3.05, 3.63) is 29.6 Å². The number of amides is 1.